The average molecular weight is 190 g/mol. The van der Waals surface area contributed by atoms with Crippen molar-refractivity contribution in [3.8, 4) is 0 Å². The monoisotopic (exact) mass is 190 g/mol. The third-order valence-electron chi connectivity index (χ3n) is 1.81. The predicted octanol–water partition coefficient (Wildman–Crippen LogP) is 2.15. The summed E-state index contributed by atoms with van der Waals surface area (Å²) < 4.78 is 0. The molecule has 13 heavy (non-hydrogen) atoms. The molecule has 65 valence electrons. The van der Waals surface area contributed by atoms with Crippen molar-refractivity contribution in [3.05, 3.63) is 30.5 Å². The summed E-state index contributed by atoms with van der Waals surface area (Å²) in [7, 11) is 0. The Bertz CT molecular complexity index is 447. The zero-order valence-corrected chi connectivity index (χ0v) is 7.61. The van der Waals surface area contributed by atoms with E-state index >= 15 is 0 Å². The molecule has 0 atom stereocenters. The fourth-order valence-electron chi connectivity index (χ4n) is 1.26. The average Bonchev–Trinajstić information content (AvgIpc) is 2.49. The van der Waals surface area contributed by atoms with Crippen LogP contribution in [-0.4, -0.2) is 10.1 Å². The maximum absolute atomic E-state index is 7.10. The molecule has 0 aliphatic heterocycles. The molecule has 1 heterocycles. The Morgan fingerprint density at radius 3 is 3.00 bits per heavy atom. The second-order valence-corrected chi connectivity index (χ2v) is 3.14. The number of aromatic nitrogens is 1. The Labute approximate surface area is 80.9 Å². The molecule has 2 aromatic rings. The lowest BCUT2D eigenvalue weighted by Gasteiger charge is -2.01. The van der Waals surface area contributed by atoms with Gasteiger partial charge in [0.15, 0.2) is 5.11 Å². The highest BCUT2D eigenvalue weighted by Gasteiger charge is 1.96. The Morgan fingerprint density at radius 2 is 2.23 bits per heavy atom. The van der Waals surface area contributed by atoms with Gasteiger partial charge in [0.1, 0.15) is 0 Å². The van der Waals surface area contributed by atoms with Crippen LogP contribution in [0, 0.1) is 0 Å². The third kappa shape index (κ3) is 1.62. The largest absolute Gasteiger partial charge is 0.361 e. The number of hydrogen-bond donors (Lipinski definition) is 2. The summed E-state index contributed by atoms with van der Waals surface area (Å²) in [5.74, 6) is 0. The molecule has 0 fully saturated rings. The highest BCUT2D eigenvalue weighted by atomic mass is 32.1. The zero-order chi connectivity index (χ0) is 9.26. The van der Waals surface area contributed by atoms with Gasteiger partial charge in [-0.3, -0.25) is 5.73 Å². The number of fused-ring (bicyclic) bond motifs is 1. The molecule has 0 aliphatic carbocycles. The first-order chi connectivity index (χ1) is 6.25. The number of H-pyrrole nitrogens is 1. The minimum atomic E-state index is 0.0332. The first kappa shape index (κ1) is 8.07. The lowest BCUT2D eigenvalue weighted by atomic mass is 10.2. The smallest absolute Gasteiger partial charge is 0.189 e. The van der Waals surface area contributed by atoms with Crippen LogP contribution in [0.2, 0.25) is 0 Å². The van der Waals surface area contributed by atoms with Gasteiger partial charge in [0.2, 0.25) is 0 Å². The van der Waals surface area contributed by atoms with Gasteiger partial charge >= 0.3 is 0 Å². The van der Waals surface area contributed by atoms with Crippen molar-refractivity contribution >= 4 is 33.9 Å². The Kier molecular flexibility index (Phi) is 1.90. The van der Waals surface area contributed by atoms with Gasteiger partial charge in [-0.25, -0.2) is 0 Å². The quantitative estimate of drug-likeness (QED) is 0.677. The number of aromatic amines is 1. The molecule has 0 aliphatic rings. The van der Waals surface area contributed by atoms with Gasteiger partial charge in [-0.1, -0.05) is 6.07 Å². The predicted molar refractivity (Wildman–Crippen MR) is 57.6 cm³/mol. The summed E-state index contributed by atoms with van der Waals surface area (Å²) in [4.78, 5) is 3.09. The van der Waals surface area contributed by atoms with E-state index in [1.54, 1.807) is 0 Å². The van der Waals surface area contributed by atoms with Gasteiger partial charge < -0.3 is 10.3 Å². The fraction of sp³-hybridized carbons (Fsp3) is 0. The van der Waals surface area contributed by atoms with Crippen LogP contribution in [0.5, 0.6) is 0 Å². The van der Waals surface area contributed by atoms with Crippen LogP contribution < -0.4 is 11.1 Å². The molecular formula is C9H8N3S. The summed E-state index contributed by atoms with van der Waals surface area (Å²) in [5, 5.41) is 3.95. The maximum Gasteiger partial charge on any atom is 0.189 e. The molecule has 1 radical (unpaired) electrons. The fourth-order valence-corrected chi connectivity index (χ4v) is 1.37. The SMILES string of the molecule is [NH]C(=S)Nc1ccc2cc[nH]c2c1. The molecular weight excluding hydrogens is 182 g/mol. The van der Waals surface area contributed by atoms with Crippen LogP contribution in [-0.2, 0) is 0 Å². The number of rotatable bonds is 1. The van der Waals surface area contributed by atoms with Crippen molar-refractivity contribution in [1.29, 1.82) is 0 Å². The van der Waals surface area contributed by atoms with Gasteiger partial charge in [-0.15, -0.1) is 0 Å². The summed E-state index contributed by atoms with van der Waals surface area (Å²) in [6, 6.07) is 7.80. The van der Waals surface area contributed by atoms with Gasteiger partial charge in [-0.05, 0) is 35.8 Å². The molecule has 0 amide bonds. The van der Waals surface area contributed by atoms with Crippen molar-refractivity contribution < 1.29 is 0 Å². The molecule has 0 saturated carbocycles. The van der Waals surface area contributed by atoms with Crippen LogP contribution in [0.25, 0.3) is 10.9 Å². The van der Waals surface area contributed by atoms with Crippen LogP contribution in [0.3, 0.4) is 0 Å². The first-order valence-electron chi connectivity index (χ1n) is 3.85. The van der Waals surface area contributed by atoms with Crippen LogP contribution in [0.15, 0.2) is 30.5 Å². The lowest BCUT2D eigenvalue weighted by Crippen LogP contribution is -2.08. The third-order valence-corrected chi connectivity index (χ3v) is 1.91. The minimum absolute atomic E-state index is 0.0332. The second-order valence-electron chi connectivity index (χ2n) is 2.73. The Hall–Kier alpha value is -1.55. The van der Waals surface area contributed by atoms with E-state index in [4.69, 9.17) is 5.73 Å². The number of anilines is 1. The molecule has 1 aromatic heterocycles. The van der Waals surface area contributed by atoms with E-state index in [0.717, 1.165) is 16.6 Å². The van der Waals surface area contributed by atoms with Crippen molar-refractivity contribution in [2.45, 2.75) is 0 Å². The van der Waals surface area contributed by atoms with E-state index in [0.29, 0.717) is 0 Å². The van der Waals surface area contributed by atoms with E-state index in [1.807, 2.05) is 30.5 Å². The van der Waals surface area contributed by atoms with Gasteiger partial charge in [0.05, 0.1) is 0 Å². The van der Waals surface area contributed by atoms with E-state index in [-0.39, 0.29) is 5.11 Å². The standard InChI is InChI=1S/C9H8N3S/c10-9(13)12-7-2-1-6-3-4-11-8(6)5-7/h1-5,10-11H,(H,12,13). The minimum Gasteiger partial charge on any atom is -0.361 e. The topological polar surface area (TPSA) is 51.6 Å². The second kappa shape index (κ2) is 3.06. The Balaban J connectivity index is 2.42. The molecule has 0 bridgehead atoms. The van der Waals surface area contributed by atoms with Crippen molar-refractivity contribution in [2.24, 2.45) is 0 Å². The van der Waals surface area contributed by atoms with Gasteiger partial charge in [0.25, 0.3) is 0 Å². The van der Waals surface area contributed by atoms with Crippen molar-refractivity contribution in [2.75, 3.05) is 5.32 Å². The van der Waals surface area contributed by atoms with E-state index in [9.17, 15) is 0 Å². The highest BCUT2D eigenvalue weighted by Crippen LogP contribution is 2.17. The molecule has 0 spiro atoms. The molecule has 3 N–H and O–H groups in total. The van der Waals surface area contributed by atoms with E-state index in [1.165, 1.54) is 0 Å². The molecule has 1 aromatic carbocycles. The Morgan fingerprint density at radius 1 is 1.38 bits per heavy atom. The van der Waals surface area contributed by atoms with Crippen molar-refractivity contribution in [3.63, 3.8) is 0 Å². The summed E-state index contributed by atoms with van der Waals surface area (Å²) in [6.07, 6.45) is 1.88. The highest BCUT2D eigenvalue weighted by molar-refractivity contribution is 7.80. The maximum atomic E-state index is 7.10. The molecule has 4 heteroatoms. The van der Waals surface area contributed by atoms with Crippen LogP contribution in [0.4, 0.5) is 5.69 Å². The molecule has 3 nitrogen and oxygen atoms in total. The van der Waals surface area contributed by atoms with Crippen LogP contribution in [0.1, 0.15) is 0 Å². The van der Waals surface area contributed by atoms with E-state index < -0.39 is 0 Å². The van der Waals surface area contributed by atoms with Crippen LogP contribution >= 0.6 is 12.2 Å². The zero-order valence-electron chi connectivity index (χ0n) is 6.79. The first-order valence-corrected chi connectivity index (χ1v) is 4.26. The van der Waals surface area contributed by atoms with E-state index in [2.05, 4.69) is 22.5 Å². The summed E-state index contributed by atoms with van der Waals surface area (Å²) >= 11 is 4.63. The molecule has 2 rings (SSSR count). The summed E-state index contributed by atoms with van der Waals surface area (Å²) in [5.41, 5.74) is 8.98. The van der Waals surface area contributed by atoms with Gasteiger partial charge in [-0.2, -0.15) is 0 Å². The molecule has 0 unspecified atom stereocenters. The number of thiocarbonyl (C=S) groups is 1. The molecule has 0 saturated heterocycles. The summed E-state index contributed by atoms with van der Waals surface area (Å²) in [6.45, 7) is 0. The van der Waals surface area contributed by atoms with Gasteiger partial charge in [0, 0.05) is 17.4 Å². The number of benzene rings is 1. The lowest BCUT2D eigenvalue weighted by molar-refractivity contribution is 1.47. The number of nitrogens with one attached hydrogen (secondary N) is 3. The number of hydrogen-bond acceptors (Lipinski definition) is 1. The van der Waals surface area contributed by atoms with Crippen molar-refractivity contribution in [1.82, 2.24) is 10.7 Å². The normalized spacial score (nSPS) is 10.2.